The Morgan fingerprint density at radius 1 is 0.500 bits per heavy atom. The van der Waals surface area contributed by atoms with Crippen LogP contribution in [0.4, 0.5) is 5.69 Å². The van der Waals surface area contributed by atoms with Crippen molar-refractivity contribution in [2.24, 2.45) is 0 Å². The first-order valence-corrected chi connectivity index (χ1v) is 10.2. The van der Waals surface area contributed by atoms with Crippen LogP contribution in [-0.4, -0.2) is 5.11 Å². The van der Waals surface area contributed by atoms with E-state index in [1.54, 1.807) is 0 Å². The van der Waals surface area contributed by atoms with E-state index < -0.39 is 6.10 Å². The number of aliphatic hydroxyl groups excluding tert-OH is 1. The first kappa shape index (κ1) is 18.4. The highest BCUT2D eigenvalue weighted by Crippen LogP contribution is 2.34. The van der Waals surface area contributed by atoms with E-state index in [0.29, 0.717) is 0 Å². The normalized spacial score (nSPS) is 13.2. The van der Waals surface area contributed by atoms with E-state index in [4.69, 9.17) is 0 Å². The largest absolute Gasteiger partial charge is 0.386 e. The molecule has 2 heteroatoms. The van der Waals surface area contributed by atoms with Gasteiger partial charge in [-0.1, -0.05) is 91.0 Å². The second-order valence-corrected chi connectivity index (χ2v) is 7.65. The molecule has 146 valence electrons. The number of nitrogens with one attached hydrogen (secondary N) is 1. The molecule has 5 rings (SSSR count). The minimum atomic E-state index is -0.698. The Balaban J connectivity index is 1.58. The summed E-state index contributed by atoms with van der Waals surface area (Å²) in [5.41, 5.74) is 2.93. The molecule has 0 saturated carbocycles. The van der Waals surface area contributed by atoms with Crippen molar-refractivity contribution in [3.63, 3.8) is 0 Å². The molecule has 0 spiro atoms. The first-order chi connectivity index (χ1) is 14.8. The third-order valence-corrected chi connectivity index (χ3v) is 5.66. The fourth-order valence-electron chi connectivity index (χ4n) is 4.04. The SMILES string of the molecule is O[C@H](c1ccc2ccccc2c1)[C@H](Nc1ccccc1)c1ccc2ccccc2c1. The molecule has 0 radical (unpaired) electrons. The molecule has 0 aliphatic heterocycles. The molecule has 5 aromatic rings. The number of fused-ring (bicyclic) bond motifs is 2. The summed E-state index contributed by atoms with van der Waals surface area (Å²) in [5.74, 6) is 0. The summed E-state index contributed by atoms with van der Waals surface area (Å²) < 4.78 is 0. The monoisotopic (exact) mass is 389 g/mol. The summed E-state index contributed by atoms with van der Waals surface area (Å²) in [6.07, 6.45) is -0.698. The van der Waals surface area contributed by atoms with E-state index in [1.807, 2.05) is 60.7 Å². The molecule has 0 aliphatic carbocycles. The molecule has 0 aromatic heterocycles. The molecule has 0 fully saturated rings. The summed E-state index contributed by atoms with van der Waals surface area (Å²) in [6.45, 7) is 0. The lowest BCUT2D eigenvalue weighted by molar-refractivity contribution is 0.155. The van der Waals surface area contributed by atoms with Crippen LogP contribution in [0, 0.1) is 0 Å². The van der Waals surface area contributed by atoms with Gasteiger partial charge in [-0.3, -0.25) is 0 Å². The van der Waals surface area contributed by atoms with Crippen molar-refractivity contribution >= 4 is 27.2 Å². The summed E-state index contributed by atoms with van der Waals surface area (Å²) in [4.78, 5) is 0. The Morgan fingerprint density at radius 2 is 1.00 bits per heavy atom. The van der Waals surface area contributed by atoms with Gasteiger partial charge in [-0.05, 0) is 56.9 Å². The Morgan fingerprint density at radius 3 is 1.63 bits per heavy atom. The predicted molar refractivity (Wildman–Crippen MR) is 126 cm³/mol. The van der Waals surface area contributed by atoms with Crippen molar-refractivity contribution in [3.8, 4) is 0 Å². The third kappa shape index (κ3) is 3.66. The maximum Gasteiger partial charge on any atom is 0.103 e. The molecule has 0 amide bonds. The van der Waals surface area contributed by atoms with Gasteiger partial charge in [0.25, 0.3) is 0 Å². The van der Waals surface area contributed by atoms with Crippen molar-refractivity contribution in [1.29, 1.82) is 0 Å². The molecule has 0 unspecified atom stereocenters. The lowest BCUT2D eigenvalue weighted by Crippen LogP contribution is -2.19. The zero-order chi connectivity index (χ0) is 20.3. The maximum atomic E-state index is 11.5. The second kappa shape index (κ2) is 8.02. The van der Waals surface area contributed by atoms with Crippen LogP contribution in [0.15, 0.2) is 115 Å². The lowest BCUT2D eigenvalue weighted by Gasteiger charge is -2.27. The summed E-state index contributed by atoms with van der Waals surface area (Å²) >= 11 is 0. The first-order valence-electron chi connectivity index (χ1n) is 10.2. The standard InChI is InChI=1S/C28H23NO/c30-28(25-17-15-21-9-5-7-11-23(21)19-25)27(29-26-12-2-1-3-13-26)24-16-14-20-8-4-6-10-22(20)18-24/h1-19,27-30H/t27-,28-/m1/s1. The predicted octanol–water partition coefficient (Wildman–Crippen LogP) is 6.88. The molecule has 2 nitrogen and oxygen atoms in total. The maximum absolute atomic E-state index is 11.5. The van der Waals surface area contributed by atoms with Gasteiger partial charge in [0.05, 0.1) is 6.04 Å². The summed E-state index contributed by atoms with van der Waals surface area (Å²) in [6, 6.07) is 38.9. The fraction of sp³-hybridized carbons (Fsp3) is 0.0714. The number of anilines is 1. The van der Waals surface area contributed by atoms with Crippen molar-refractivity contribution < 1.29 is 5.11 Å². The number of aliphatic hydroxyl groups is 1. The van der Waals surface area contributed by atoms with Crippen molar-refractivity contribution in [2.45, 2.75) is 12.1 Å². The third-order valence-electron chi connectivity index (χ3n) is 5.66. The molecular weight excluding hydrogens is 366 g/mol. The molecule has 2 atom stereocenters. The molecule has 0 saturated heterocycles. The van der Waals surface area contributed by atoms with Gasteiger partial charge < -0.3 is 10.4 Å². The number of hydrogen-bond donors (Lipinski definition) is 2. The van der Waals surface area contributed by atoms with Gasteiger partial charge in [0.1, 0.15) is 6.10 Å². The number of para-hydroxylation sites is 1. The van der Waals surface area contributed by atoms with Crippen LogP contribution in [-0.2, 0) is 0 Å². The quantitative estimate of drug-likeness (QED) is 0.343. The van der Waals surface area contributed by atoms with Crippen LogP contribution in [0.25, 0.3) is 21.5 Å². The van der Waals surface area contributed by atoms with E-state index >= 15 is 0 Å². The van der Waals surface area contributed by atoms with Crippen LogP contribution in [0.2, 0.25) is 0 Å². The molecule has 2 N–H and O–H groups in total. The van der Waals surface area contributed by atoms with Crippen LogP contribution >= 0.6 is 0 Å². The number of benzene rings is 5. The molecule has 30 heavy (non-hydrogen) atoms. The van der Waals surface area contributed by atoms with E-state index in [9.17, 15) is 5.11 Å². The number of rotatable bonds is 5. The Hall–Kier alpha value is -3.62. The van der Waals surface area contributed by atoms with Gasteiger partial charge in [-0.15, -0.1) is 0 Å². The van der Waals surface area contributed by atoms with Gasteiger partial charge in [0.2, 0.25) is 0 Å². The fourth-order valence-corrected chi connectivity index (χ4v) is 4.04. The van der Waals surface area contributed by atoms with Crippen LogP contribution in [0.5, 0.6) is 0 Å². The highest BCUT2D eigenvalue weighted by molar-refractivity contribution is 5.84. The zero-order valence-corrected chi connectivity index (χ0v) is 16.6. The average molecular weight is 389 g/mol. The van der Waals surface area contributed by atoms with Gasteiger partial charge in [-0.25, -0.2) is 0 Å². The summed E-state index contributed by atoms with van der Waals surface area (Å²) in [5, 5.41) is 19.7. The molecule has 5 aromatic carbocycles. The second-order valence-electron chi connectivity index (χ2n) is 7.65. The Kier molecular flexibility index (Phi) is 4.92. The van der Waals surface area contributed by atoms with E-state index in [-0.39, 0.29) is 6.04 Å². The molecule has 0 bridgehead atoms. The van der Waals surface area contributed by atoms with Crippen LogP contribution in [0.3, 0.4) is 0 Å². The highest BCUT2D eigenvalue weighted by atomic mass is 16.3. The minimum Gasteiger partial charge on any atom is -0.386 e. The van der Waals surface area contributed by atoms with Gasteiger partial charge in [0, 0.05) is 5.69 Å². The Labute approximate surface area is 176 Å². The molecule has 0 aliphatic rings. The smallest absolute Gasteiger partial charge is 0.103 e. The Bertz CT molecular complexity index is 1300. The van der Waals surface area contributed by atoms with E-state index in [0.717, 1.165) is 22.2 Å². The molecular formula is C28H23NO. The average Bonchev–Trinajstić information content (AvgIpc) is 2.82. The number of hydrogen-bond acceptors (Lipinski definition) is 2. The van der Waals surface area contributed by atoms with Gasteiger partial charge in [-0.2, -0.15) is 0 Å². The van der Waals surface area contributed by atoms with Crippen molar-refractivity contribution in [2.75, 3.05) is 5.32 Å². The van der Waals surface area contributed by atoms with Crippen LogP contribution < -0.4 is 5.32 Å². The zero-order valence-electron chi connectivity index (χ0n) is 16.6. The topological polar surface area (TPSA) is 32.3 Å². The van der Waals surface area contributed by atoms with Crippen molar-refractivity contribution in [1.82, 2.24) is 0 Å². The lowest BCUT2D eigenvalue weighted by atomic mass is 9.92. The van der Waals surface area contributed by atoms with E-state index in [2.05, 4.69) is 59.9 Å². The summed E-state index contributed by atoms with van der Waals surface area (Å²) in [7, 11) is 0. The van der Waals surface area contributed by atoms with Gasteiger partial charge in [0.15, 0.2) is 0 Å². The minimum absolute atomic E-state index is 0.279. The van der Waals surface area contributed by atoms with E-state index in [1.165, 1.54) is 16.2 Å². The highest BCUT2D eigenvalue weighted by Gasteiger charge is 2.23. The van der Waals surface area contributed by atoms with Gasteiger partial charge >= 0.3 is 0 Å². The molecule has 0 heterocycles. The van der Waals surface area contributed by atoms with Crippen molar-refractivity contribution in [3.05, 3.63) is 126 Å². The van der Waals surface area contributed by atoms with Crippen LogP contribution in [0.1, 0.15) is 23.3 Å².